The minimum Gasteiger partial charge on any atom is -0.485 e. The number of amidine groups is 1. The zero-order valence-corrected chi connectivity index (χ0v) is 12.9. The summed E-state index contributed by atoms with van der Waals surface area (Å²) < 4.78 is 6.06. The predicted molar refractivity (Wildman–Crippen MR) is 88.6 cm³/mol. The van der Waals surface area contributed by atoms with Gasteiger partial charge >= 0.3 is 0 Å². The standard InChI is InChI=1S/C18H22N2O/c1-12(2)14-8-7-13(3)15-5-4-6-16(18(14)15)21-11-17-19-9-10-20-17/h4-8,12H,9-11H2,1-3H3,(H,19,20). The van der Waals surface area contributed by atoms with Crippen molar-refractivity contribution in [2.75, 3.05) is 19.7 Å². The van der Waals surface area contributed by atoms with Crippen LogP contribution in [0.25, 0.3) is 10.8 Å². The number of nitrogens with zero attached hydrogens (tertiary/aromatic N) is 1. The van der Waals surface area contributed by atoms with E-state index >= 15 is 0 Å². The van der Waals surface area contributed by atoms with Crippen molar-refractivity contribution in [3.05, 3.63) is 41.5 Å². The Kier molecular flexibility index (Phi) is 3.82. The Morgan fingerprint density at radius 1 is 1.24 bits per heavy atom. The molecule has 21 heavy (non-hydrogen) atoms. The SMILES string of the molecule is Cc1ccc(C(C)C)c2c(OCC3=NCCN3)cccc12. The molecule has 110 valence electrons. The van der Waals surface area contributed by atoms with Crippen LogP contribution in [0.5, 0.6) is 5.75 Å². The van der Waals surface area contributed by atoms with Gasteiger partial charge in [-0.3, -0.25) is 4.99 Å². The van der Waals surface area contributed by atoms with Crippen molar-refractivity contribution in [2.45, 2.75) is 26.7 Å². The molecule has 0 saturated heterocycles. The third kappa shape index (κ3) is 2.73. The van der Waals surface area contributed by atoms with Gasteiger partial charge in [0.2, 0.25) is 0 Å². The summed E-state index contributed by atoms with van der Waals surface area (Å²) in [4.78, 5) is 4.39. The van der Waals surface area contributed by atoms with E-state index in [2.05, 4.69) is 61.4 Å². The smallest absolute Gasteiger partial charge is 0.145 e. The average Bonchev–Trinajstić information content (AvgIpc) is 2.98. The highest BCUT2D eigenvalue weighted by Crippen LogP contribution is 2.34. The van der Waals surface area contributed by atoms with Crippen molar-refractivity contribution in [3.63, 3.8) is 0 Å². The Morgan fingerprint density at radius 2 is 2.10 bits per heavy atom. The highest BCUT2D eigenvalue weighted by Gasteiger charge is 2.13. The summed E-state index contributed by atoms with van der Waals surface area (Å²) in [6, 6.07) is 10.7. The number of aliphatic imine (C=N–C) groups is 1. The van der Waals surface area contributed by atoms with E-state index in [-0.39, 0.29) is 0 Å². The Bertz CT molecular complexity index is 689. The first-order valence-electron chi connectivity index (χ1n) is 7.59. The van der Waals surface area contributed by atoms with Crippen LogP contribution in [0, 0.1) is 6.92 Å². The number of ether oxygens (including phenoxy) is 1. The van der Waals surface area contributed by atoms with Crippen molar-refractivity contribution >= 4 is 16.6 Å². The van der Waals surface area contributed by atoms with Crippen molar-refractivity contribution in [3.8, 4) is 5.75 Å². The molecule has 0 amide bonds. The maximum absolute atomic E-state index is 6.06. The first-order valence-corrected chi connectivity index (χ1v) is 7.59. The van der Waals surface area contributed by atoms with E-state index in [9.17, 15) is 0 Å². The monoisotopic (exact) mass is 282 g/mol. The van der Waals surface area contributed by atoms with E-state index in [1.807, 2.05) is 0 Å². The molecule has 0 atom stereocenters. The number of hydrogen-bond acceptors (Lipinski definition) is 3. The van der Waals surface area contributed by atoms with Gasteiger partial charge in [0.05, 0.1) is 6.54 Å². The number of aryl methyl sites for hydroxylation is 1. The van der Waals surface area contributed by atoms with Crippen LogP contribution in [0.3, 0.4) is 0 Å². The van der Waals surface area contributed by atoms with Gasteiger partial charge < -0.3 is 10.1 Å². The van der Waals surface area contributed by atoms with E-state index in [1.54, 1.807) is 0 Å². The second-order valence-corrected chi connectivity index (χ2v) is 5.85. The Labute approximate surface area is 126 Å². The first-order chi connectivity index (χ1) is 10.2. The van der Waals surface area contributed by atoms with Crippen molar-refractivity contribution in [1.29, 1.82) is 0 Å². The molecule has 0 spiro atoms. The van der Waals surface area contributed by atoms with Gasteiger partial charge in [-0.05, 0) is 35.4 Å². The Balaban J connectivity index is 2.02. The molecule has 2 aromatic carbocycles. The largest absolute Gasteiger partial charge is 0.485 e. The molecule has 3 heteroatoms. The van der Waals surface area contributed by atoms with Gasteiger partial charge in [0.15, 0.2) is 0 Å². The normalized spacial score (nSPS) is 14.4. The third-order valence-corrected chi connectivity index (χ3v) is 3.98. The molecular formula is C18H22N2O. The van der Waals surface area contributed by atoms with Crippen LogP contribution in [-0.4, -0.2) is 25.5 Å². The summed E-state index contributed by atoms with van der Waals surface area (Å²) >= 11 is 0. The van der Waals surface area contributed by atoms with E-state index in [0.717, 1.165) is 24.7 Å². The zero-order valence-electron chi connectivity index (χ0n) is 12.9. The summed E-state index contributed by atoms with van der Waals surface area (Å²) in [6.07, 6.45) is 0. The Hall–Kier alpha value is -2.03. The molecule has 0 aromatic heterocycles. The van der Waals surface area contributed by atoms with E-state index < -0.39 is 0 Å². The fraction of sp³-hybridized carbons (Fsp3) is 0.389. The minimum atomic E-state index is 0.472. The summed E-state index contributed by atoms with van der Waals surface area (Å²) in [5, 5.41) is 5.77. The van der Waals surface area contributed by atoms with Gasteiger partial charge in [-0.1, -0.05) is 38.1 Å². The molecule has 3 nitrogen and oxygen atoms in total. The van der Waals surface area contributed by atoms with E-state index in [0.29, 0.717) is 12.5 Å². The molecule has 0 fully saturated rings. The summed E-state index contributed by atoms with van der Waals surface area (Å²) in [5.41, 5.74) is 2.63. The quantitative estimate of drug-likeness (QED) is 0.928. The van der Waals surface area contributed by atoms with Crippen LogP contribution < -0.4 is 10.1 Å². The van der Waals surface area contributed by atoms with Crippen molar-refractivity contribution < 1.29 is 4.74 Å². The van der Waals surface area contributed by atoms with Gasteiger partial charge in [-0.15, -0.1) is 0 Å². The second kappa shape index (κ2) is 5.76. The first kappa shape index (κ1) is 13.9. The maximum atomic E-state index is 6.06. The van der Waals surface area contributed by atoms with Gasteiger partial charge in [0.1, 0.15) is 18.2 Å². The van der Waals surface area contributed by atoms with Crippen LogP contribution in [0.2, 0.25) is 0 Å². The lowest BCUT2D eigenvalue weighted by atomic mass is 9.93. The van der Waals surface area contributed by atoms with E-state index in [1.165, 1.54) is 21.9 Å². The molecule has 1 aliphatic rings. The number of fused-ring (bicyclic) bond motifs is 1. The van der Waals surface area contributed by atoms with Gasteiger partial charge in [-0.25, -0.2) is 0 Å². The van der Waals surface area contributed by atoms with Crippen LogP contribution in [0.1, 0.15) is 30.9 Å². The summed E-state index contributed by atoms with van der Waals surface area (Å²) in [5.74, 6) is 2.38. The fourth-order valence-electron chi connectivity index (χ4n) is 2.84. The number of benzene rings is 2. The number of rotatable bonds is 4. The molecule has 1 heterocycles. The topological polar surface area (TPSA) is 33.6 Å². The highest BCUT2D eigenvalue weighted by atomic mass is 16.5. The molecule has 0 bridgehead atoms. The van der Waals surface area contributed by atoms with Gasteiger partial charge in [-0.2, -0.15) is 0 Å². The van der Waals surface area contributed by atoms with E-state index in [4.69, 9.17) is 4.74 Å². The van der Waals surface area contributed by atoms with Crippen LogP contribution in [0.15, 0.2) is 35.3 Å². The van der Waals surface area contributed by atoms with Crippen molar-refractivity contribution in [1.82, 2.24) is 5.32 Å². The number of nitrogens with one attached hydrogen (secondary N) is 1. The zero-order chi connectivity index (χ0) is 14.8. The molecular weight excluding hydrogens is 260 g/mol. The minimum absolute atomic E-state index is 0.472. The number of hydrogen-bond donors (Lipinski definition) is 1. The molecule has 1 aliphatic heterocycles. The second-order valence-electron chi connectivity index (χ2n) is 5.85. The lowest BCUT2D eigenvalue weighted by molar-refractivity contribution is 0.378. The molecule has 3 rings (SSSR count). The molecule has 0 aliphatic carbocycles. The molecule has 1 N–H and O–H groups in total. The fourth-order valence-corrected chi connectivity index (χ4v) is 2.84. The van der Waals surface area contributed by atoms with Gasteiger partial charge in [0.25, 0.3) is 0 Å². The molecule has 0 unspecified atom stereocenters. The van der Waals surface area contributed by atoms with Crippen LogP contribution in [-0.2, 0) is 0 Å². The third-order valence-electron chi connectivity index (χ3n) is 3.98. The lowest BCUT2D eigenvalue weighted by Crippen LogP contribution is -2.24. The average molecular weight is 282 g/mol. The predicted octanol–water partition coefficient (Wildman–Crippen LogP) is 3.65. The molecule has 2 aromatic rings. The van der Waals surface area contributed by atoms with Crippen molar-refractivity contribution in [2.24, 2.45) is 4.99 Å². The lowest BCUT2D eigenvalue weighted by Gasteiger charge is -2.16. The summed E-state index contributed by atoms with van der Waals surface area (Å²) in [6.45, 7) is 8.89. The van der Waals surface area contributed by atoms with Crippen LogP contribution >= 0.6 is 0 Å². The maximum Gasteiger partial charge on any atom is 0.145 e. The Morgan fingerprint density at radius 3 is 2.81 bits per heavy atom. The molecule has 0 saturated carbocycles. The van der Waals surface area contributed by atoms with Crippen LogP contribution in [0.4, 0.5) is 0 Å². The molecule has 0 radical (unpaired) electrons. The van der Waals surface area contributed by atoms with Gasteiger partial charge in [0, 0.05) is 11.9 Å². The highest BCUT2D eigenvalue weighted by molar-refractivity contribution is 5.94. The summed E-state index contributed by atoms with van der Waals surface area (Å²) in [7, 11) is 0.